The molecule has 8 aromatic rings. The minimum atomic E-state index is -0.104. The van der Waals surface area contributed by atoms with Gasteiger partial charge >= 0.3 is 0 Å². The molecule has 9 rings (SSSR count). The van der Waals surface area contributed by atoms with Crippen molar-refractivity contribution in [2.75, 3.05) is 0 Å². The standard InChI is InChI=1S/C40H27N3/c1-40(2)33-15-6-3-12-28(33)30-19-21-37-38(39(30)40)31-14-5-8-17-35(31)43(37)27-11-9-10-26(23-27)42-34-16-7-4-13-29(34)32-22-25(24-41)18-20-36(32)42/h3-23H,1-2H3. The van der Waals surface area contributed by atoms with E-state index in [2.05, 4.69) is 144 Å². The molecule has 202 valence electrons. The van der Waals surface area contributed by atoms with Crippen molar-refractivity contribution in [1.29, 1.82) is 5.26 Å². The van der Waals surface area contributed by atoms with Gasteiger partial charge in [-0.25, -0.2) is 0 Å². The van der Waals surface area contributed by atoms with E-state index in [0.717, 1.165) is 33.2 Å². The monoisotopic (exact) mass is 549 g/mol. The predicted octanol–water partition coefficient (Wildman–Crippen LogP) is 10.1. The molecule has 3 nitrogen and oxygen atoms in total. The lowest BCUT2D eigenvalue weighted by molar-refractivity contribution is 0.666. The minimum absolute atomic E-state index is 0.104. The number of aromatic nitrogens is 2. The smallest absolute Gasteiger partial charge is 0.0991 e. The van der Waals surface area contributed by atoms with Crippen molar-refractivity contribution < 1.29 is 0 Å². The number of nitriles is 1. The first-order chi connectivity index (χ1) is 21.1. The van der Waals surface area contributed by atoms with Gasteiger partial charge in [0.25, 0.3) is 0 Å². The van der Waals surface area contributed by atoms with Crippen LogP contribution in [0.3, 0.4) is 0 Å². The zero-order valence-corrected chi connectivity index (χ0v) is 24.0. The van der Waals surface area contributed by atoms with Crippen molar-refractivity contribution in [2.24, 2.45) is 0 Å². The Labute approximate surface area is 249 Å². The van der Waals surface area contributed by atoms with E-state index >= 15 is 0 Å². The van der Waals surface area contributed by atoms with Crippen LogP contribution in [-0.4, -0.2) is 9.13 Å². The molecule has 2 heterocycles. The zero-order valence-electron chi connectivity index (χ0n) is 24.0. The summed E-state index contributed by atoms with van der Waals surface area (Å²) in [5.74, 6) is 0. The van der Waals surface area contributed by atoms with Crippen LogP contribution in [0.2, 0.25) is 0 Å². The van der Waals surface area contributed by atoms with Gasteiger partial charge in [-0.15, -0.1) is 0 Å². The van der Waals surface area contributed by atoms with Crippen LogP contribution < -0.4 is 0 Å². The van der Waals surface area contributed by atoms with Crippen LogP contribution in [0.25, 0.3) is 66.1 Å². The van der Waals surface area contributed by atoms with Gasteiger partial charge in [0, 0.05) is 38.3 Å². The van der Waals surface area contributed by atoms with Gasteiger partial charge in [0.05, 0.1) is 33.7 Å². The first-order valence-corrected chi connectivity index (χ1v) is 14.8. The van der Waals surface area contributed by atoms with Gasteiger partial charge in [-0.05, 0) is 76.9 Å². The molecule has 0 saturated heterocycles. The molecule has 0 fully saturated rings. The number of nitrogens with zero attached hydrogens (tertiary/aromatic N) is 3. The molecular formula is C40H27N3. The van der Waals surface area contributed by atoms with Crippen molar-refractivity contribution in [3.8, 4) is 28.6 Å². The molecule has 0 aliphatic heterocycles. The highest BCUT2D eigenvalue weighted by atomic mass is 15.0. The molecule has 1 aliphatic carbocycles. The van der Waals surface area contributed by atoms with Gasteiger partial charge < -0.3 is 9.13 Å². The van der Waals surface area contributed by atoms with E-state index < -0.39 is 0 Å². The Balaban J connectivity index is 1.34. The minimum Gasteiger partial charge on any atom is -0.309 e. The van der Waals surface area contributed by atoms with Gasteiger partial charge in [-0.2, -0.15) is 5.26 Å². The Bertz CT molecular complexity index is 2500. The van der Waals surface area contributed by atoms with Crippen LogP contribution >= 0.6 is 0 Å². The maximum atomic E-state index is 9.59. The number of rotatable bonds is 2. The Morgan fingerprint density at radius 1 is 0.535 bits per heavy atom. The summed E-state index contributed by atoms with van der Waals surface area (Å²) in [4.78, 5) is 0. The van der Waals surface area contributed by atoms with Crippen molar-refractivity contribution >= 4 is 43.6 Å². The third-order valence-electron chi connectivity index (χ3n) is 9.50. The van der Waals surface area contributed by atoms with Crippen molar-refractivity contribution in [3.05, 3.63) is 144 Å². The van der Waals surface area contributed by atoms with Crippen molar-refractivity contribution in [2.45, 2.75) is 19.3 Å². The maximum absolute atomic E-state index is 9.59. The third kappa shape index (κ3) is 3.13. The van der Waals surface area contributed by atoms with Crippen LogP contribution in [-0.2, 0) is 5.41 Å². The van der Waals surface area contributed by atoms with E-state index in [9.17, 15) is 5.26 Å². The third-order valence-corrected chi connectivity index (χ3v) is 9.50. The van der Waals surface area contributed by atoms with Gasteiger partial charge in [0.15, 0.2) is 0 Å². The first kappa shape index (κ1) is 24.1. The summed E-state index contributed by atoms with van der Waals surface area (Å²) in [6.07, 6.45) is 0. The average molecular weight is 550 g/mol. The molecule has 6 aromatic carbocycles. The Kier molecular flexibility index (Phi) is 4.74. The molecule has 0 spiro atoms. The lowest BCUT2D eigenvalue weighted by Gasteiger charge is -2.22. The van der Waals surface area contributed by atoms with E-state index in [-0.39, 0.29) is 5.41 Å². The van der Waals surface area contributed by atoms with Gasteiger partial charge in [0.2, 0.25) is 0 Å². The van der Waals surface area contributed by atoms with E-state index in [1.165, 1.54) is 44.1 Å². The highest BCUT2D eigenvalue weighted by Crippen LogP contribution is 2.53. The number of para-hydroxylation sites is 2. The van der Waals surface area contributed by atoms with Crippen molar-refractivity contribution in [3.63, 3.8) is 0 Å². The molecule has 1 aliphatic rings. The lowest BCUT2D eigenvalue weighted by Crippen LogP contribution is -2.15. The number of benzene rings is 6. The first-order valence-electron chi connectivity index (χ1n) is 14.8. The molecule has 0 bridgehead atoms. The van der Waals surface area contributed by atoms with E-state index in [1.54, 1.807) is 0 Å². The second kappa shape index (κ2) is 8.47. The quantitative estimate of drug-likeness (QED) is 0.211. The number of hydrogen-bond acceptors (Lipinski definition) is 1. The summed E-state index contributed by atoms with van der Waals surface area (Å²) < 4.78 is 4.75. The Morgan fingerprint density at radius 2 is 1.16 bits per heavy atom. The molecule has 0 radical (unpaired) electrons. The second-order valence-corrected chi connectivity index (χ2v) is 12.1. The fourth-order valence-electron chi connectivity index (χ4n) is 7.70. The molecule has 0 amide bonds. The van der Waals surface area contributed by atoms with Gasteiger partial charge in [-0.1, -0.05) is 86.6 Å². The van der Waals surface area contributed by atoms with E-state index in [4.69, 9.17) is 0 Å². The van der Waals surface area contributed by atoms with Crippen LogP contribution in [0.1, 0.15) is 30.5 Å². The fraction of sp³-hybridized carbons (Fsp3) is 0.0750. The molecule has 0 unspecified atom stereocenters. The van der Waals surface area contributed by atoms with Crippen LogP contribution in [0.15, 0.2) is 127 Å². The van der Waals surface area contributed by atoms with Crippen LogP contribution in [0.4, 0.5) is 0 Å². The summed E-state index contributed by atoms with van der Waals surface area (Å²) in [7, 11) is 0. The van der Waals surface area contributed by atoms with Crippen LogP contribution in [0.5, 0.6) is 0 Å². The Morgan fingerprint density at radius 3 is 1.95 bits per heavy atom. The molecule has 3 heteroatoms. The fourth-order valence-corrected chi connectivity index (χ4v) is 7.70. The topological polar surface area (TPSA) is 33.6 Å². The largest absolute Gasteiger partial charge is 0.309 e. The molecule has 0 N–H and O–H groups in total. The molecule has 0 saturated carbocycles. The van der Waals surface area contributed by atoms with Crippen molar-refractivity contribution in [1.82, 2.24) is 9.13 Å². The molecule has 0 atom stereocenters. The molecular weight excluding hydrogens is 522 g/mol. The SMILES string of the molecule is CC1(C)c2ccccc2-c2ccc3c(c21)c1ccccc1n3-c1cccc(-n2c3ccccc3c3cc(C#N)ccc32)c1. The highest BCUT2D eigenvalue weighted by molar-refractivity contribution is 6.14. The molecule has 43 heavy (non-hydrogen) atoms. The average Bonchev–Trinajstić information content (AvgIpc) is 3.64. The Hall–Kier alpha value is -5.59. The summed E-state index contributed by atoms with van der Waals surface area (Å²) >= 11 is 0. The number of fused-ring (bicyclic) bond motifs is 10. The predicted molar refractivity (Wildman–Crippen MR) is 177 cm³/mol. The zero-order chi connectivity index (χ0) is 28.9. The van der Waals surface area contributed by atoms with Gasteiger partial charge in [0.1, 0.15) is 0 Å². The maximum Gasteiger partial charge on any atom is 0.0991 e. The summed E-state index contributed by atoms with van der Waals surface area (Å²) in [6.45, 7) is 4.73. The van der Waals surface area contributed by atoms with Crippen LogP contribution in [0, 0.1) is 11.3 Å². The summed E-state index contributed by atoms with van der Waals surface area (Å²) in [5, 5.41) is 14.4. The highest BCUT2D eigenvalue weighted by Gasteiger charge is 2.37. The summed E-state index contributed by atoms with van der Waals surface area (Å²) in [5.41, 5.74) is 12.9. The van der Waals surface area contributed by atoms with Gasteiger partial charge in [-0.3, -0.25) is 0 Å². The van der Waals surface area contributed by atoms with E-state index in [0.29, 0.717) is 5.56 Å². The lowest BCUT2D eigenvalue weighted by atomic mass is 9.80. The van der Waals surface area contributed by atoms with E-state index in [1.807, 2.05) is 12.1 Å². The normalized spacial score (nSPS) is 13.5. The summed E-state index contributed by atoms with van der Waals surface area (Å²) in [6, 6.07) is 47.9. The second-order valence-electron chi connectivity index (χ2n) is 12.1. The number of hydrogen-bond donors (Lipinski definition) is 0. The molecule has 2 aromatic heterocycles.